The molecule has 0 amide bonds. The van der Waals surface area contributed by atoms with Gasteiger partial charge in [0.15, 0.2) is 17.0 Å². The quantitative estimate of drug-likeness (QED) is 0.236. The lowest BCUT2D eigenvalue weighted by Gasteiger charge is -2.16. The fourth-order valence-electron chi connectivity index (χ4n) is 4.85. The number of carboxylic acids is 1. The molecule has 4 aromatic rings. The first-order valence-electron chi connectivity index (χ1n) is 13.1. The Bertz CT molecular complexity index is 1640. The average Bonchev–Trinajstić information content (AvgIpc) is 3.61. The summed E-state index contributed by atoms with van der Waals surface area (Å²) in [5, 5.41) is 9.63. The van der Waals surface area contributed by atoms with E-state index in [9.17, 15) is 23.3 Å². The number of rotatable bonds is 10. The fraction of sp³-hybridized carbons (Fsp3) is 0.276. The first kappa shape index (κ1) is 28.5. The Labute approximate surface area is 237 Å². The highest BCUT2D eigenvalue weighted by Gasteiger charge is 2.28. The zero-order valence-corrected chi connectivity index (χ0v) is 23.3. The van der Waals surface area contributed by atoms with Gasteiger partial charge in [-0.2, -0.15) is 0 Å². The molecular formula is C29H29F2N5O4S. The summed E-state index contributed by atoms with van der Waals surface area (Å²) in [6.45, 7) is 4.10. The van der Waals surface area contributed by atoms with Gasteiger partial charge in [0.05, 0.1) is 17.2 Å². The molecule has 3 N–H and O–H groups in total. The van der Waals surface area contributed by atoms with Crippen molar-refractivity contribution in [3.05, 3.63) is 83.2 Å². The predicted octanol–water partition coefficient (Wildman–Crippen LogP) is 4.59. The minimum Gasteiger partial charge on any atom is -0.481 e. The topological polar surface area (TPSA) is 119 Å². The molecule has 3 heterocycles. The molecule has 0 spiro atoms. The van der Waals surface area contributed by atoms with Crippen LogP contribution in [0.2, 0.25) is 0 Å². The smallest absolute Gasteiger partial charge is 0.307 e. The van der Waals surface area contributed by atoms with Crippen molar-refractivity contribution in [1.82, 2.24) is 19.2 Å². The van der Waals surface area contributed by atoms with Gasteiger partial charge in [0, 0.05) is 55.6 Å². The molecule has 1 fully saturated rings. The third-order valence-corrected chi connectivity index (χ3v) is 8.55. The van der Waals surface area contributed by atoms with Crippen LogP contribution >= 0.6 is 0 Å². The molecule has 2 unspecified atom stereocenters. The van der Waals surface area contributed by atoms with E-state index in [0.29, 0.717) is 42.7 Å². The van der Waals surface area contributed by atoms with Gasteiger partial charge < -0.3 is 10.1 Å². The van der Waals surface area contributed by atoms with Crippen molar-refractivity contribution in [2.75, 3.05) is 31.4 Å². The summed E-state index contributed by atoms with van der Waals surface area (Å²) in [5.41, 5.74) is 2.01. The Balaban J connectivity index is 1.39. The largest absolute Gasteiger partial charge is 0.481 e. The van der Waals surface area contributed by atoms with Crippen molar-refractivity contribution in [2.24, 2.45) is 5.92 Å². The second-order valence-corrected chi connectivity index (χ2v) is 11.3. The molecule has 0 saturated carbocycles. The molecule has 1 aliphatic heterocycles. The SMILES string of the molecule is CCN(C)S(=O)Nc1ccc(F)c(C(=O)c2c[nH]c3ncc(-c4ccc(CN5CCC(C(=O)O)C5)cc4)cc23)c1F. The van der Waals surface area contributed by atoms with E-state index in [1.807, 2.05) is 24.3 Å². The number of carboxylic acid groups (broad SMARTS) is 1. The number of nitrogens with zero attached hydrogens (tertiary/aromatic N) is 3. The van der Waals surface area contributed by atoms with Crippen molar-refractivity contribution in [1.29, 1.82) is 0 Å². The molecule has 0 radical (unpaired) electrons. The van der Waals surface area contributed by atoms with Crippen LogP contribution in [0, 0.1) is 17.6 Å². The van der Waals surface area contributed by atoms with Gasteiger partial charge in [-0.3, -0.25) is 19.2 Å². The van der Waals surface area contributed by atoms with Gasteiger partial charge in [-0.15, -0.1) is 0 Å². The maximum atomic E-state index is 15.4. The zero-order chi connectivity index (χ0) is 29.3. The highest BCUT2D eigenvalue weighted by molar-refractivity contribution is 7.84. The van der Waals surface area contributed by atoms with Gasteiger partial charge in [-0.1, -0.05) is 31.2 Å². The van der Waals surface area contributed by atoms with Gasteiger partial charge in [0.1, 0.15) is 11.5 Å². The Kier molecular flexibility index (Phi) is 8.25. The van der Waals surface area contributed by atoms with E-state index in [4.69, 9.17) is 0 Å². The minimum absolute atomic E-state index is 0.0507. The number of H-pyrrole nitrogens is 1. The van der Waals surface area contributed by atoms with Gasteiger partial charge in [0.25, 0.3) is 0 Å². The molecule has 214 valence electrons. The summed E-state index contributed by atoms with van der Waals surface area (Å²) < 4.78 is 46.4. The number of pyridine rings is 1. The maximum Gasteiger partial charge on any atom is 0.307 e. The fourth-order valence-corrected chi connectivity index (χ4v) is 5.59. The van der Waals surface area contributed by atoms with E-state index in [-0.39, 0.29) is 17.2 Å². The maximum absolute atomic E-state index is 15.4. The Morgan fingerprint density at radius 3 is 2.63 bits per heavy atom. The third-order valence-electron chi connectivity index (χ3n) is 7.33. The van der Waals surface area contributed by atoms with Crippen molar-refractivity contribution in [3.8, 4) is 11.1 Å². The number of hydrogen-bond donors (Lipinski definition) is 3. The molecule has 1 aliphatic rings. The monoisotopic (exact) mass is 581 g/mol. The number of anilines is 1. The van der Waals surface area contributed by atoms with E-state index in [0.717, 1.165) is 29.8 Å². The van der Waals surface area contributed by atoms with Crippen LogP contribution in [0.1, 0.15) is 34.8 Å². The molecular weight excluding hydrogens is 552 g/mol. The number of hydrogen-bond acceptors (Lipinski definition) is 5. The summed E-state index contributed by atoms with van der Waals surface area (Å²) in [6, 6.07) is 11.6. The number of fused-ring (bicyclic) bond motifs is 1. The first-order chi connectivity index (χ1) is 19.7. The van der Waals surface area contributed by atoms with Crippen molar-refractivity contribution >= 4 is 39.6 Å². The van der Waals surface area contributed by atoms with Crippen LogP contribution in [0.15, 0.2) is 54.9 Å². The van der Waals surface area contributed by atoms with Crippen LogP contribution in [-0.2, 0) is 22.5 Å². The number of ketones is 1. The number of nitrogens with one attached hydrogen (secondary N) is 2. The number of aromatic amines is 1. The van der Waals surface area contributed by atoms with Gasteiger partial charge >= 0.3 is 5.97 Å². The molecule has 9 nitrogen and oxygen atoms in total. The number of aromatic nitrogens is 2. The molecule has 1 saturated heterocycles. The molecule has 2 aromatic heterocycles. The standard InChI is InChI=1S/C29H29F2N5O4S/c1-3-35(2)41(40)34-24-9-8-23(30)25(26(24)31)27(37)22-14-33-28-21(22)12-20(13-32-28)18-6-4-17(5-7-18)15-36-11-10-19(16-36)29(38)39/h4-9,12-14,19,34H,3,10-11,15-16H2,1-2H3,(H,32,33)(H,38,39). The summed E-state index contributed by atoms with van der Waals surface area (Å²) in [5.74, 6) is -4.13. The number of carbonyl (C=O) groups excluding carboxylic acids is 1. The molecule has 2 aromatic carbocycles. The lowest BCUT2D eigenvalue weighted by atomic mass is 9.99. The number of benzene rings is 2. The third kappa shape index (κ3) is 5.90. The number of aliphatic carboxylic acids is 1. The molecule has 0 aliphatic carbocycles. The number of likely N-dealkylation sites (tertiary alicyclic amines) is 1. The van der Waals surface area contributed by atoms with Crippen molar-refractivity contribution in [3.63, 3.8) is 0 Å². The lowest BCUT2D eigenvalue weighted by Crippen LogP contribution is -2.26. The van der Waals surface area contributed by atoms with E-state index < -0.39 is 40.1 Å². The molecule has 41 heavy (non-hydrogen) atoms. The Morgan fingerprint density at radius 2 is 1.95 bits per heavy atom. The number of carbonyl (C=O) groups is 2. The molecule has 5 rings (SSSR count). The van der Waals surface area contributed by atoms with E-state index in [2.05, 4.69) is 19.6 Å². The molecule has 0 bridgehead atoms. The zero-order valence-electron chi connectivity index (χ0n) is 22.5. The summed E-state index contributed by atoms with van der Waals surface area (Å²) in [4.78, 5) is 34.1. The van der Waals surface area contributed by atoms with Gasteiger partial charge in [-0.25, -0.2) is 22.3 Å². The predicted molar refractivity (Wildman–Crippen MR) is 152 cm³/mol. The summed E-state index contributed by atoms with van der Waals surface area (Å²) in [6.07, 6.45) is 3.65. The second kappa shape index (κ2) is 11.9. The van der Waals surface area contributed by atoms with E-state index in [1.165, 1.54) is 10.5 Å². The average molecular weight is 582 g/mol. The van der Waals surface area contributed by atoms with Crippen LogP contribution in [0.25, 0.3) is 22.2 Å². The normalized spacial score (nSPS) is 16.4. The first-order valence-corrected chi connectivity index (χ1v) is 14.2. The molecule has 2 atom stereocenters. The Hall–Kier alpha value is -4.00. The van der Waals surface area contributed by atoms with Crippen LogP contribution in [0.5, 0.6) is 0 Å². The van der Waals surface area contributed by atoms with Gasteiger partial charge in [0.2, 0.25) is 5.78 Å². The minimum atomic E-state index is -1.78. The lowest BCUT2D eigenvalue weighted by molar-refractivity contribution is -0.141. The van der Waals surface area contributed by atoms with Crippen LogP contribution in [-0.4, -0.2) is 66.9 Å². The Morgan fingerprint density at radius 1 is 1.20 bits per heavy atom. The summed E-state index contributed by atoms with van der Waals surface area (Å²) in [7, 11) is 1.57. The van der Waals surface area contributed by atoms with Crippen LogP contribution in [0.4, 0.5) is 14.5 Å². The number of halogens is 2. The van der Waals surface area contributed by atoms with Gasteiger partial charge in [-0.05, 0) is 42.3 Å². The summed E-state index contributed by atoms with van der Waals surface area (Å²) >= 11 is -1.78. The highest BCUT2D eigenvalue weighted by Crippen LogP contribution is 2.30. The van der Waals surface area contributed by atoms with Crippen LogP contribution in [0.3, 0.4) is 0 Å². The second-order valence-electron chi connectivity index (χ2n) is 9.99. The molecule has 12 heteroatoms. The van der Waals surface area contributed by atoms with Crippen LogP contribution < -0.4 is 4.72 Å². The van der Waals surface area contributed by atoms with E-state index >= 15 is 4.39 Å². The van der Waals surface area contributed by atoms with Crippen molar-refractivity contribution < 1.29 is 27.7 Å². The van der Waals surface area contributed by atoms with E-state index in [1.54, 1.807) is 26.2 Å². The highest BCUT2D eigenvalue weighted by atomic mass is 32.2. The van der Waals surface area contributed by atoms with Crippen molar-refractivity contribution in [2.45, 2.75) is 19.9 Å².